The van der Waals surface area contributed by atoms with E-state index in [4.69, 9.17) is 21.6 Å². The molecule has 0 bridgehead atoms. The Kier molecular flexibility index (Phi) is 9.52. The quantitative estimate of drug-likeness (QED) is 0.425. The standard InChI is InChI=1S/C14H21N3.C9H13NO/c15-9-12-8-11(6-7-14(12)16)10-17-13-4-2-1-3-5-13;1-2-11-9-6-4-3-5-8(9)7-10/h6-9,13,15,17H,1-5,10,16H2;3-6H,2,7,10H2,1H3. The van der Waals surface area contributed by atoms with Crippen LogP contribution in [0, 0.1) is 5.41 Å². The fourth-order valence-electron chi connectivity index (χ4n) is 3.40. The monoisotopic (exact) mass is 382 g/mol. The Bertz CT molecular complexity index is 726. The van der Waals surface area contributed by atoms with Gasteiger partial charge in [0, 0.05) is 42.2 Å². The molecule has 6 N–H and O–H groups in total. The molecule has 1 fully saturated rings. The maximum absolute atomic E-state index is 7.28. The molecule has 3 rings (SSSR count). The summed E-state index contributed by atoms with van der Waals surface area (Å²) in [5.74, 6) is 0.900. The second kappa shape index (κ2) is 12.2. The number of para-hydroxylation sites is 1. The Morgan fingerprint density at radius 1 is 1.14 bits per heavy atom. The molecule has 0 atom stereocenters. The Balaban J connectivity index is 0.000000221. The molecule has 0 heterocycles. The number of nitrogens with one attached hydrogen (secondary N) is 2. The summed E-state index contributed by atoms with van der Waals surface area (Å²) in [6, 6.07) is 14.4. The summed E-state index contributed by atoms with van der Waals surface area (Å²) in [7, 11) is 0. The minimum Gasteiger partial charge on any atom is -0.494 e. The molecule has 1 saturated carbocycles. The van der Waals surface area contributed by atoms with E-state index in [0.29, 0.717) is 24.9 Å². The smallest absolute Gasteiger partial charge is 0.123 e. The molecule has 2 aromatic rings. The molecule has 5 heteroatoms. The highest BCUT2D eigenvalue weighted by Crippen LogP contribution is 2.19. The maximum Gasteiger partial charge on any atom is 0.123 e. The van der Waals surface area contributed by atoms with Crippen molar-refractivity contribution in [3.63, 3.8) is 0 Å². The van der Waals surface area contributed by atoms with Gasteiger partial charge in [-0.3, -0.25) is 0 Å². The molecule has 0 unspecified atom stereocenters. The van der Waals surface area contributed by atoms with Gasteiger partial charge in [0.1, 0.15) is 5.75 Å². The lowest BCUT2D eigenvalue weighted by molar-refractivity contribution is 0.336. The molecule has 0 aliphatic heterocycles. The first-order chi connectivity index (χ1) is 13.7. The molecule has 0 saturated heterocycles. The van der Waals surface area contributed by atoms with Crippen molar-refractivity contribution in [2.45, 2.75) is 58.2 Å². The molecule has 0 amide bonds. The van der Waals surface area contributed by atoms with Crippen LogP contribution in [0.1, 0.15) is 55.7 Å². The Labute approximate surface area is 169 Å². The molecule has 0 radical (unpaired) electrons. The topological polar surface area (TPSA) is 97.1 Å². The van der Waals surface area contributed by atoms with Gasteiger partial charge in [-0.15, -0.1) is 0 Å². The third-order valence-electron chi connectivity index (χ3n) is 5.00. The van der Waals surface area contributed by atoms with E-state index in [1.54, 1.807) is 0 Å². The number of anilines is 1. The van der Waals surface area contributed by atoms with Crippen molar-refractivity contribution < 1.29 is 4.74 Å². The van der Waals surface area contributed by atoms with Crippen LogP contribution in [0.25, 0.3) is 0 Å². The van der Waals surface area contributed by atoms with Crippen LogP contribution in [-0.4, -0.2) is 18.9 Å². The Morgan fingerprint density at radius 3 is 2.57 bits per heavy atom. The molecule has 152 valence electrons. The van der Waals surface area contributed by atoms with E-state index in [0.717, 1.165) is 23.4 Å². The van der Waals surface area contributed by atoms with Crippen LogP contribution in [0.4, 0.5) is 5.69 Å². The summed E-state index contributed by atoms with van der Waals surface area (Å²) >= 11 is 0. The van der Waals surface area contributed by atoms with E-state index in [1.165, 1.54) is 43.9 Å². The fourth-order valence-corrected chi connectivity index (χ4v) is 3.40. The highest BCUT2D eigenvalue weighted by atomic mass is 16.5. The molecule has 1 aliphatic rings. The van der Waals surface area contributed by atoms with Gasteiger partial charge in [-0.05, 0) is 43.5 Å². The van der Waals surface area contributed by atoms with E-state index in [2.05, 4.69) is 5.32 Å². The van der Waals surface area contributed by atoms with Gasteiger partial charge in [-0.2, -0.15) is 0 Å². The van der Waals surface area contributed by atoms with Crippen molar-refractivity contribution in [2.75, 3.05) is 12.3 Å². The zero-order valence-corrected chi connectivity index (χ0v) is 16.9. The summed E-state index contributed by atoms with van der Waals surface area (Å²) in [6.07, 6.45) is 8.01. The SMILES string of the molecule is CCOc1ccccc1CN.N=Cc1cc(CNC2CCCCC2)ccc1N. The second-order valence-corrected chi connectivity index (χ2v) is 7.07. The number of ether oxygens (including phenoxy) is 1. The molecule has 0 spiro atoms. The van der Waals surface area contributed by atoms with E-state index in [9.17, 15) is 0 Å². The van der Waals surface area contributed by atoms with Crippen LogP contribution in [-0.2, 0) is 13.1 Å². The molecular weight excluding hydrogens is 348 g/mol. The lowest BCUT2D eigenvalue weighted by Gasteiger charge is -2.23. The number of hydrogen-bond acceptors (Lipinski definition) is 5. The van der Waals surface area contributed by atoms with Crippen LogP contribution in [0.2, 0.25) is 0 Å². The van der Waals surface area contributed by atoms with Crippen molar-refractivity contribution in [2.24, 2.45) is 5.73 Å². The number of hydrogen-bond donors (Lipinski definition) is 4. The van der Waals surface area contributed by atoms with Gasteiger partial charge in [0.15, 0.2) is 0 Å². The molecule has 0 aromatic heterocycles. The van der Waals surface area contributed by atoms with Crippen LogP contribution < -0.4 is 21.5 Å². The van der Waals surface area contributed by atoms with Crippen molar-refractivity contribution in [3.05, 3.63) is 59.2 Å². The van der Waals surface area contributed by atoms with Crippen LogP contribution in [0.3, 0.4) is 0 Å². The van der Waals surface area contributed by atoms with Gasteiger partial charge in [0.2, 0.25) is 0 Å². The molecule has 28 heavy (non-hydrogen) atoms. The minimum atomic E-state index is 0.538. The largest absolute Gasteiger partial charge is 0.494 e. The van der Waals surface area contributed by atoms with Gasteiger partial charge < -0.3 is 26.9 Å². The minimum absolute atomic E-state index is 0.538. The first-order valence-corrected chi connectivity index (χ1v) is 10.2. The lowest BCUT2D eigenvalue weighted by Crippen LogP contribution is -2.30. The highest BCUT2D eigenvalue weighted by molar-refractivity contribution is 5.85. The first kappa shape index (κ1) is 21.9. The van der Waals surface area contributed by atoms with Gasteiger partial charge >= 0.3 is 0 Å². The van der Waals surface area contributed by atoms with E-state index >= 15 is 0 Å². The van der Waals surface area contributed by atoms with E-state index in [-0.39, 0.29) is 0 Å². The molecule has 1 aliphatic carbocycles. The summed E-state index contributed by atoms with van der Waals surface area (Å²) in [5.41, 5.74) is 15.0. The number of nitrogen functional groups attached to an aromatic ring is 1. The molecular formula is C23H34N4O. The third-order valence-corrected chi connectivity index (χ3v) is 5.00. The van der Waals surface area contributed by atoms with Crippen molar-refractivity contribution in [3.8, 4) is 5.75 Å². The number of rotatable bonds is 7. The summed E-state index contributed by atoms with van der Waals surface area (Å²) in [4.78, 5) is 0. The zero-order valence-electron chi connectivity index (χ0n) is 16.9. The van der Waals surface area contributed by atoms with Crippen LogP contribution >= 0.6 is 0 Å². The maximum atomic E-state index is 7.28. The third kappa shape index (κ3) is 6.98. The predicted molar refractivity (Wildman–Crippen MR) is 118 cm³/mol. The Morgan fingerprint density at radius 2 is 1.89 bits per heavy atom. The first-order valence-electron chi connectivity index (χ1n) is 10.2. The van der Waals surface area contributed by atoms with E-state index < -0.39 is 0 Å². The van der Waals surface area contributed by atoms with Gasteiger partial charge in [-0.1, -0.05) is 43.5 Å². The number of benzene rings is 2. The van der Waals surface area contributed by atoms with Gasteiger partial charge in [0.05, 0.1) is 6.61 Å². The summed E-state index contributed by atoms with van der Waals surface area (Å²) in [6.45, 7) is 4.08. The number of nitrogens with two attached hydrogens (primary N) is 2. The Hall–Kier alpha value is -2.37. The normalized spacial score (nSPS) is 14.1. The van der Waals surface area contributed by atoms with Crippen molar-refractivity contribution in [1.82, 2.24) is 5.32 Å². The lowest BCUT2D eigenvalue weighted by atomic mass is 9.95. The van der Waals surface area contributed by atoms with Gasteiger partial charge in [-0.25, -0.2) is 0 Å². The van der Waals surface area contributed by atoms with Crippen LogP contribution in [0.15, 0.2) is 42.5 Å². The second-order valence-electron chi connectivity index (χ2n) is 7.07. The molecule has 5 nitrogen and oxygen atoms in total. The predicted octanol–water partition coefficient (Wildman–Crippen LogP) is 4.23. The summed E-state index contributed by atoms with van der Waals surface area (Å²) < 4.78 is 5.35. The van der Waals surface area contributed by atoms with Crippen molar-refractivity contribution >= 4 is 11.9 Å². The zero-order chi connectivity index (χ0) is 20.2. The van der Waals surface area contributed by atoms with Crippen molar-refractivity contribution in [1.29, 1.82) is 5.41 Å². The van der Waals surface area contributed by atoms with Crippen LogP contribution in [0.5, 0.6) is 5.75 Å². The van der Waals surface area contributed by atoms with E-state index in [1.807, 2.05) is 49.4 Å². The average Bonchev–Trinajstić information content (AvgIpc) is 2.75. The fraction of sp³-hybridized carbons (Fsp3) is 0.435. The molecule has 2 aromatic carbocycles. The highest BCUT2D eigenvalue weighted by Gasteiger charge is 2.12. The summed E-state index contributed by atoms with van der Waals surface area (Å²) in [5, 5.41) is 10.9. The average molecular weight is 383 g/mol. The van der Waals surface area contributed by atoms with Gasteiger partial charge in [0.25, 0.3) is 0 Å².